The number of carbonyl (C=O) groups excluding carboxylic acids is 1. The van der Waals surface area contributed by atoms with Gasteiger partial charge in [0.25, 0.3) is 0 Å². The summed E-state index contributed by atoms with van der Waals surface area (Å²) < 4.78 is 0. The fourth-order valence-electron chi connectivity index (χ4n) is 1.46. The Morgan fingerprint density at radius 3 is 2.92 bits per heavy atom. The molecule has 2 rings (SSSR count). The highest BCUT2D eigenvalue weighted by atomic mass is 16.2. The Balaban J connectivity index is 2.23. The van der Waals surface area contributed by atoms with Crippen LogP contribution < -0.4 is 5.73 Å². The molecule has 0 aromatic carbocycles. The second kappa shape index (κ2) is 2.72. The highest BCUT2D eigenvalue weighted by molar-refractivity contribution is 5.81. The SMILES string of the molecule is CN1CCC(n2ncc(N)n2)C1=O. The van der Waals surface area contributed by atoms with E-state index in [4.69, 9.17) is 5.73 Å². The number of anilines is 1. The van der Waals surface area contributed by atoms with Gasteiger partial charge >= 0.3 is 0 Å². The largest absolute Gasteiger partial charge is 0.381 e. The number of aromatic nitrogens is 3. The molecule has 6 heteroatoms. The van der Waals surface area contributed by atoms with Crippen molar-refractivity contribution in [3.05, 3.63) is 6.20 Å². The van der Waals surface area contributed by atoms with E-state index in [9.17, 15) is 4.79 Å². The van der Waals surface area contributed by atoms with Crippen LogP contribution in [0.25, 0.3) is 0 Å². The zero-order valence-corrected chi connectivity index (χ0v) is 7.34. The molecule has 1 aromatic heterocycles. The lowest BCUT2D eigenvalue weighted by Gasteiger charge is -2.08. The van der Waals surface area contributed by atoms with E-state index in [1.165, 1.54) is 11.0 Å². The van der Waals surface area contributed by atoms with E-state index in [1.54, 1.807) is 11.9 Å². The summed E-state index contributed by atoms with van der Waals surface area (Å²) in [5, 5.41) is 7.83. The Kier molecular flexibility index (Phi) is 1.68. The molecule has 0 spiro atoms. The number of likely N-dealkylation sites (tertiary alicyclic amines) is 1. The maximum atomic E-state index is 11.5. The first-order valence-electron chi connectivity index (χ1n) is 4.11. The average Bonchev–Trinajstić information content (AvgIpc) is 2.62. The summed E-state index contributed by atoms with van der Waals surface area (Å²) in [6, 6.07) is -0.262. The molecule has 6 nitrogen and oxygen atoms in total. The van der Waals surface area contributed by atoms with E-state index in [2.05, 4.69) is 10.2 Å². The molecule has 1 aliphatic rings. The van der Waals surface area contributed by atoms with Crippen LogP contribution in [0.1, 0.15) is 12.5 Å². The van der Waals surface area contributed by atoms with Crippen molar-refractivity contribution in [3.8, 4) is 0 Å². The first-order chi connectivity index (χ1) is 6.18. The van der Waals surface area contributed by atoms with Gasteiger partial charge in [-0.15, -0.1) is 5.10 Å². The number of nitrogen functional groups attached to an aromatic ring is 1. The zero-order valence-electron chi connectivity index (χ0n) is 7.34. The lowest BCUT2D eigenvalue weighted by Crippen LogP contribution is -2.25. The minimum Gasteiger partial charge on any atom is -0.381 e. The molecule has 2 N–H and O–H groups in total. The Bertz CT molecular complexity index is 333. The molecule has 1 aromatic rings. The lowest BCUT2D eigenvalue weighted by molar-refractivity contribution is -0.129. The minimum absolute atomic E-state index is 0.0515. The van der Waals surface area contributed by atoms with Gasteiger partial charge in [0.05, 0.1) is 6.20 Å². The van der Waals surface area contributed by atoms with E-state index < -0.39 is 0 Å². The number of carbonyl (C=O) groups is 1. The second-order valence-electron chi connectivity index (χ2n) is 3.15. The molecule has 1 amide bonds. The van der Waals surface area contributed by atoms with Crippen molar-refractivity contribution in [2.24, 2.45) is 0 Å². The summed E-state index contributed by atoms with van der Waals surface area (Å²) in [5.41, 5.74) is 5.41. The molecule has 1 fully saturated rings. The summed E-state index contributed by atoms with van der Waals surface area (Å²) in [6.45, 7) is 0.755. The van der Waals surface area contributed by atoms with E-state index in [0.29, 0.717) is 5.82 Å². The molecule has 2 heterocycles. The highest BCUT2D eigenvalue weighted by Gasteiger charge is 2.31. The molecule has 1 atom stereocenters. The number of hydrogen-bond acceptors (Lipinski definition) is 4. The molecule has 70 valence electrons. The number of nitrogens with zero attached hydrogens (tertiary/aromatic N) is 4. The Morgan fingerprint density at radius 1 is 1.69 bits per heavy atom. The molecule has 13 heavy (non-hydrogen) atoms. The van der Waals surface area contributed by atoms with Crippen LogP contribution in [0.2, 0.25) is 0 Å². The summed E-state index contributed by atoms with van der Waals surface area (Å²) in [4.78, 5) is 14.6. The monoisotopic (exact) mass is 181 g/mol. The maximum absolute atomic E-state index is 11.5. The normalized spacial score (nSPS) is 22.7. The summed E-state index contributed by atoms with van der Waals surface area (Å²) >= 11 is 0. The van der Waals surface area contributed by atoms with E-state index in [-0.39, 0.29) is 11.9 Å². The van der Waals surface area contributed by atoms with Crippen LogP contribution in [-0.4, -0.2) is 39.4 Å². The molecule has 1 saturated heterocycles. The van der Waals surface area contributed by atoms with Crippen LogP contribution >= 0.6 is 0 Å². The number of hydrogen-bond donors (Lipinski definition) is 1. The van der Waals surface area contributed by atoms with E-state index in [0.717, 1.165) is 13.0 Å². The van der Waals surface area contributed by atoms with Gasteiger partial charge in [-0.1, -0.05) is 0 Å². The van der Waals surface area contributed by atoms with E-state index >= 15 is 0 Å². The number of nitrogens with two attached hydrogens (primary N) is 1. The second-order valence-corrected chi connectivity index (χ2v) is 3.15. The van der Waals surface area contributed by atoms with Gasteiger partial charge in [-0.2, -0.15) is 9.90 Å². The van der Waals surface area contributed by atoms with Crippen molar-refractivity contribution in [3.63, 3.8) is 0 Å². The molecule has 0 bridgehead atoms. The average molecular weight is 181 g/mol. The number of rotatable bonds is 1. The molecule has 0 radical (unpaired) electrons. The summed E-state index contributed by atoms with van der Waals surface area (Å²) in [5.74, 6) is 0.401. The number of amides is 1. The van der Waals surface area contributed by atoms with Crippen LogP contribution in [0.15, 0.2) is 6.20 Å². The molecule has 1 unspecified atom stereocenters. The van der Waals surface area contributed by atoms with Crippen molar-refractivity contribution >= 4 is 11.7 Å². The third-order valence-electron chi connectivity index (χ3n) is 2.20. The quantitative estimate of drug-likeness (QED) is 0.619. The van der Waals surface area contributed by atoms with Crippen LogP contribution in [0.4, 0.5) is 5.82 Å². The third kappa shape index (κ3) is 1.24. The fraction of sp³-hybridized carbons (Fsp3) is 0.571. The zero-order chi connectivity index (χ0) is 9.42. The van der Waals surface area contributed by atoms with Gasteiger partial charge in [-0.3, -0.25) is 4.79 Å². The number of likely N-dealkylation sites (N-methyl/N-ethyl adjacent to an activating group) is 1. The fourth-order valence-corrected chi connectivity index (χ4v) is 1.46. The van der Waals surface area contributed by atoms with Crippen molar-refractivity contribution in [1.29, 1.82) is 0 Å². The van der Waals surface area contributed by atoms with Crippen LogP contribution in [0.5, 0.6) is 0 Å². The van der Waals surface area contributed by atoms with Crippen LogP contribution in [-0.2, 0) is 4.79 Å². The van der Waals surface area contributed by atoms with Crippen molar-refractivity contribution in [2.45, 2.75) is 12.5 Å². The summed E-state index contributed by atoms with van der Waals surface area (Å²) in [6.07, 6.45) is 2.20. The van der Waals surface area contributed by atoms with Gasteiger partial charge in [0, 0.05) is 13.6 Å². The maximum Gasteiger partial charge on any atom is 0.249 e. The van der Waals surface area contributed by atoms with Crippen LogP contribution in [0, 0.1) is 0 Å². The Morgan fingerprint density at radius 2 is 2.46 bits per heavy atom. The topological polar surface area (TPSA) is 77.0 Å². The third-order valence-corrected chi connectivity index (χ3v) is 2.20. The smallest absolute Gasteiger partial charge is 0.249 e. The van der Waals surface area contributed by atoms with Gasteiger partial charge in [0.15, 0.2) is 11.9 Å². The molecule has 0 aliphatic carbocycles. The standard InChI is InChI=1S/C7H11N5O/c1-11-3-2-5(7(11)13)12-9-4-6(8)10-12/h4-5H,2-3H2,1H3,(H2,8,10). The predicted molar refractivity (Wildman–Crippen MR) is 45.7 cm³/mol. The van der Waals surface area contributed by atoms with Crippen molar-refractivity contribution in [2.75, 3.05) is 19.3 Å². The Hall–Kier alpha value is -1.59. The Labute approximate surface area is 75.3 Å². The molecule has 1 aliphatic heterocycles. The van der Waals surface area contributed by atoms with Gasteiger partial charge in [0.1, 0.15) is 0 Å². The van der Waals surface area contributed by atoms with Crippen LogP contribution in [0.3, 0.4) is 0 Å². The van der Waals surface area contributed by atoms with Crippen molar-refractivity contribution < 1.29 is 4.79 Å². The highest BCUT2D eigenvalue weighted by Crippen LogP contribution is 2.20. The molecule has 0 saturated carbocycles. The molecular formula is C7H11N5O. The van der Waals surface area contributed by atoms with Gasteiger partial charge in [-0.05, 0) is 6.42 Å². The van der Waals surface area contributed by atoms with Crippen molar-refractivity contribution in [1.82, 2.24) is 19.9 Å². The molecular weight excluding hydrogens is 170 g/mol. The predicted octanol–water partition coefficient (Wildman–Crippen LogP) is -0.737. The van der Waals surface area contributed by atoms with Gasteiger partial charge in [0.2, 0.25) is 5.91 Å². The minimum atomic E-state index is -0.262. The first kappa shape index (κ1) is 8.03. The van der Waals surface area contributed by atoms with Gasteiger partial charge < -0.3 is 10.6 Å². The van der Waals surface area contributed by atoms with E-state index in [1.807, 2.05) is 0 Å². The lowest BCUT2D eigenvalue weighted by atomic mass is 10.3. The van der Waals surface area contributed by atoms with Gasteiger partial charge in [-0.25, -0.2) is 0 Å². The summed E-state index contributed by atoms with van der Waals surface area (Å²) in [7, 11) is 1.77. The first-order valence-corrected chi connectivity index (χ1v) is 4.11.